The Hall–Kier alpha value is -7.65. The van der Waals surface area contributed by atoms with Gasteiger partial charge in [-0.3, -0.25) is 0 Å². The zero-order valence-corrected chi connectivity index (χ0v) is 81.0. The fourth-order valence-corrected chi connectivity index (χ4v) is 15.4. The van der Waals surface area contributed by atoms with Crippen molar-refractivity contribution in [2.24, 2.45) is 21.7 Å². The second-order valence-electron chi connectivity index (χ2n) is 43.3. The number of hydrogen-bond acceptors (Lipinski definition) is 0. The maximum atomic E-state index is 13.8. The fourth-order valence-electron chi connectivity index (χ4n) is 15.4. The van der Waals surface area contributed by atoms with Crippen LogP contribution >= 0.6 is 0 Å². The Labute approximate surface area is 766 Å². The predicted molar refractivity (Wildman–Crippen MR) is 517 cm³/mol. The van der Waals surface area contributed by atoms with Crippen LogP contribution in [0.25, 0.3) is 22.3 Å². The molecule has 124 heavy (non-hydrogen) atoms. The highest BCUT2D eigenvalue weighted by Crippen LogP contribution is 2.52. The Morgan fingerprint density at radius 1 is 0.315 bits per heavy atom. The first kappa shape index (κ1) is 87.1. The van der Waals surface area contributed by atoms with E-state index in [0.717, 1.165) is 83.9 Å². The van der Waals surface area contributed by atoms with Crippen LogP contribution in [-0.2, 0) is 57.0 Å². The lowest BCUT2D eigenvalue weighted by Gasteiger charge is -2.39. The van der Waals surface area contributed by atoms with Gasteiger partial charge in [0.15, 0.2) is 0 Å². The molecule has 2 aliphatic carbocycles. The molecule has 682 valence electrons. The fraction of sp³-hybridized carbons (Fsp3) is 0.530. The van der Waals surface area contributed by atoms with Gasteiger partial charge >= 0.3 is 18.5 Å². The molecule has 2 fully saturated rings. The number of halogens is 9. The van der Waals surface area contributed by atoms with Crippen molar-refractivity contribution >= 4 is 0 Å². The molecule has 0 bridgehead atoms. The molecule has 11 rings (SSSR count). The Morgan fingerprint density at radius 2 is 0.637 bits per heavy atom. The van der Waals surface area contributed by atoms with Crippen LogP contribution in [0.5, 0.6) is 0 Å². The Kier molecular flexibility index (Phi) is 30.5. The summed E-state index contributed by atoms with van der Waals surface area (Å²) in [6.07, 6.45) is -8.23. The summed E-state index contributed by atoms with van der Waals surface area (Å²) in [4.78, 5) is 0. The molecule has 0 amide bonds. The van der Waals surface area contributed by atoms with Crippen LogP contribution in [0.1, 0.15) is 387 Å². The highest BCUT2D eigenvalue weighted by Gasteiger charge is 2.53. The van der Waals surface area contributed by atoms with E-state index in [1.54, 1.807) is 50.1 Å². The third kappa shape index (κ3) is 32.0. The van der Waals surface area contributed by atoms with Crippen LogP contribution in [0, 0.1) is 21.7 Å². The summed E-state index contributed by atoms with van der Waals surface area (Å²) in [5, 5.41) is 0. The number of benzene rings is 9. The van der Waals surface area contributed by atoms with Gasteiger partial charge in [0.2, 0.25) is 0 Å². The molecule has 2 aliphatic rings. The lowest BCUT2D eigenvalue weighted by molar-refractivity contribution is -0.218. The molecular weight excluding hydrogens is 1550 g/mol. The quantitative estimate of drug-likeness (QED) is 0.113. The third-order valence-corrected chi connectivity index (χ3v) is 22.9. The summed E-state index contributed by atoms with van der Waals surface area (Å²) in [5.41, 5.74) is 4.59. The number of rotatable bonds is 11. The third-order valence-electron chi connectivity index (χ3n) is 22.9. The van der Waals surface area contributed by atoms with E-state index in [1.807, 2.05) is 111 Å². The Balaban J connectivity index is 0.000000285. The second kappa shape index (κ2) is 43.4. The molecule has 2 saturated carbocycles. The van der Waals surface area contributed by atoms with E-state index in [-0.39, 0.29) is 91.0 Å². The first-order valence-electron chi connectivity index (χ1n) is 50.9. The molecule has 9 aromatic carbocycles. The molecule has 9 heteroatoms. The van der Waals surface area contributed by atoms with E-state index < -0.39 is 76.0 Å². The topological polar surface area (TPSA) is 0 Å². The van der Waals surface area contributed by atoms with Crippen molar-refractivity contribution in [3.8, 4) is 22.3 Å². The summed E-state index contributed by atoms with van der Waals surface area (Å²) >= 11 is 0. The standard InChI is InChI=1S/C21H30F6.2C16H24.2C16H18.C15H21F3.C15H24/c1-13(19(7,8)21(25,26)27)15-11-9-10-14(16(15)17(2,3)4)12-18(5,6)20(22,23)24;4*1-16(2,3)15-12-8-7-11-14(15)13-9-5-4-6-10-13;1-13(2,3)12-9-7-6-8-11(12)10-14(4,5)15(16,17)18;1-14(2,3)11-12-9-7-8-10-13(12)15(4,5)6/h9-11,13H,12H2,1-8H3;2*7-8,11-13H,4-6,9-10H2,1-3H3;2*4-12H,1-3H3;6-9H,10H2,1-5H3;7-10H,11H2,1-6H3/i12D2,13D;13D;;4D,5D,6D,9D,10D;;10D2;11D2. The average Bonchev–Trinajstić information content (AvgIpc) is 0.712. The summed E-state index contributed by atoms with van der Waals surface area (Å²) in [5.74, 6) is -1.80. The van der Waals surface area contributed by atoms with Gasteiger partial charge in [-0.1, -0.05) is 477 Å². The molecule has 0 radical (unpaired) electrons. The van der Waals surface area contributed by atoms with Gasteiger partial charge in [-0.05, 0) is 200 Å². The van der Waals surface area contributed by atoms with Gasteiger partial charge in [0.25, 0.3) is 0 Å². The maximum Gasteiger partial charge on any atom is 0.394 e. The summed E-state index contributed by atoms with van der Waals surface area (Å²) in [6.45, 7) is 55.3. The number of hydrogen-bond donors (Lipinski definition) is 0. The van der Waals surface area contributed by atoms with Crippen molar-refractivity contribution in [3.63, 3.8) is 0 Å². The van der Waals surface area contributed by atoms with E-state index in [0.29, 0.717) is 11.1 Å². The van der Waals surface area contributed by atoms with Crippen LogP contribution in [0.4, 0.5) is 39.5 Å². The van der Waals surface area contributed by atoms with Gasteiger partial charge in [0.1, 0.15) is 0 Å². The van der Waals surface area contributed by atoms with Gasteiger partial charge in [-0.25, -0.2) is 0 Å². The molecule has 1 unspecified atom stereocenters. The van der Waals surface area contributed by atoms with Crippen molar-refractivity contribution in [2.45, 2.75) is 372 Å². The van der Waals surface area contributed by atoms with Crippen molar-refractivity contribution in [3.05, 3.63) is 297 Å². The zero-order chi connectivity index (χ0) is 105. The van der Waals surface area contributed by atoms with Crippen LogP contribution < -0.4 is 0 Å². The van der Waals surface area contributed by atoms with E-state index in [2.05, 4.69) is 186 Å². The van der Waals surface area contributed by atoms with Crippen LogP contribution in [0.15, 0.2) is 224 Å². The van der Waals surface area contributed by atoms with Crippen molar-refractivity contribution in [2.75, 3.05) is 0 Å². The second-order valence-corrected chi connectivity index (χ2v) is 43.3. The van der Waals surface area contributed by atoms with Crippen molar-refractivity contribution < 1.29 is 57.3 Å². The Bertz CT molecular complexity index is 5330. The van der Waals surface area contributed by atoms with E-state index in [9.17, 15) is 39.5 Å². The zero-order valence-electron chi connectivity index (χ0n) is 94.0. The largest absolute Gasteiger partial charge is 0.394 e. The minimum atomic E-state index is -4.91. The molecule has 0 spiro atoms. The molecule has 0 nitrogen and oxygen atoms in total. The van der Waals surface area contributed by atoms with Gasteiger partial charge in [-0.15, -0.1) is 0 Å². The average molecular weight is 1730 g/mol. The molecule has 1 atom stereocenters. The molecule has 0 aromatic heterocycles. The Morgan fingerprint density at radius 3 is 1.02 bits per heavy atom. The molecule has 0 aliphatic heterocycles. The van der Waals surface area contributed by atoms with Crippen LogP contribution in [0.2, 0.25) is 0 Å². The maximum absolute atomic E-state index is 13.8. The van der Waals surface area contributed by atoms with Gasteiger partial charge in [-0.2, -0.15) is 39.5 Å². The minimum Gasteiger partial charge on any atom is -0.171 e. The van der Waals surface area contributed by atoms with Crippen LogP contribution in [0.3, 0.4) is 0 Å². The molecule has 0 heterocycles. The lowest BCUT2D eigenvalue weighted by atomic mass is 9.68. The molecular formula is C115H159F9. The SMILES string of the molecule is CC(C)(C)c1ccccc1-c1ccccc1.CC(C)(C)c1ccccc1C1CCCCC1.[2H]C([2H])(c1cccc(C([2H])(C)C(C)(C)C(F)(F)F)c1C(C)(C)C)C(C)(C)C(F)(F)F.[2H]C([2H])(c1ccccc1C(C)(C)C)C(C)(C)C.[2H]C([2H])(c1ccccc1C(C)(C)C)C(C)(C)C(F)(F)F.[2H]C1(c2ccccc2C(C)(C)C)CCCCC1.[2H]c1c([2H])c([2H])c(-c2ccccc2C(C)(C)C)c([2H])c1[2H]. The van der Waals surface area contributed by atoms with E-state index in [1.165, 1.54) is 103 Å². The van der Waals surface area contributed by atoms with E-state index in [4.69, 9.17) is 17.8 Å². The van der Waals surface area contributed by atoms with Gasteiger partial charge in [0.05, 0.1) is 23.1 Å². The molecule has 9 aromatic rings. The summed E-state index contributed by atoms with van der Waals surface area (Å²) < 4.78 is 229. The lowest BCUT2D eigenvalue weighted by Crippen LogP contribution is -2.38. The first-order valence-corrected chi connectivity index (χ1v) is 44.4. The monoisotopic (exact) mass is 1720 g/mol. The van der Waals surface area contributed by atoms with Gasteiger partial charge < -0.3 is 0 Å². The van der Waals surface area contributed by atoms with Crippen molar-refractivity contribution in [1.29, 1.82) is 0 Å². The van der Waals surface area contributed by atoms with Gasteiger partial charge in [0, 0.05) is 11.0 Å². The number of alkyl halides is 9. The summed E-state index contributed by atoms with van der Waals surface area (Å²) in [7, 11) is 0. The summed E-state index contributed by atoms with van der Waals surface area (Å²) in [6, 6.07) is 61.1. The van der Waals surface area contributed by atoms with Crippen LogP contribution in [-0.4, -0.2) is 18.5 Å². The molecule has 0 N–H and O–H groups in total. The smallest absolute Gasteiger partial charge is 0.171 e. The van der Waals surface area contributed by atoms with Crippen molar-refractivity contribution in [1.82, 2.24) is 0 Å². The first-order chi connectivity index (χ1) is 61.8. The highest BCUT2D eigenvalue weighted by molar-refractivity contribution is 5.69. The highest BCUT2D eigenvalue weighted by atomic mass is 19.4. The van der Waals surface area contributed by atoms with E-state index >= 15 is 0 Å². The minimum absolute atomic E-state index is 0.0119. The normalized spacial score (nSPS) is 17.1. The predicted octanol–water partition coefficient (Wildman–Crippen LogP) is 36.9. The molecule has 0 saturated heterocycles.